The molecule has 0 saturated carbocycles. The van der Waals surface area contributed by atoms with Gasteiger partial charge in [-0.1, -0.05) is 0 Å². The van der Waals surface area contributed by atoms with Crippen LogP contribution in [0, 0.1) is 0 Å². The molecule has 0 bridgehead atoms. The van der Waals surface area contributed by atoms with Crippen LogP contribution in [-0.4, -0.2) is 69.0 Å². The average molecular weight is 259 g/mol. The highest BCUT2D eigenvalue weighted by Crippen LogP contribution is 2.09. The number of amides is 1. The van der Waals surface area contributed by atoms with Crippen molar-refractivity contribution >= 4 is 5.91 Å². The quantitative estimate of drug-likeness (QED) is 0.652. The standard InChI is InChI=1S/C12H25N3O3/c1-9(8-17-3)14-12(16)7-15-5-10(2)18-11(4-13)6-15/h9-11H,4-8,13H2,1-3H3,(H,14,16). The van der Waals surface area contributed by atoms with Crippen LogP contribution in [0.5, 0.6) is 0 Å². The molecule has 0 aliphatic carbocycles. The topological polar surface area (TPSA) is 76.8 Å². The summed E-state index contributed by atoms with van der Waals surface area (Å²) in [6, 6.07) is 0.0336. The van der Waals surface area contributed by atoms with Gasteiger partial charge in [0.15, 0.2) is 0 Å². The van der Waals surface area contributed by atoms with E-state index in [1.165, 1.54) is 0 Å². The van der Waals surface area contributed by atoms with Gasteiger partial charge in [0.25, 0.3) is 0 Å². The second-order valence-corrected chi connectivity index (χ2v) is 4.92. The number of nitrogens with two attached hydrogens (primary N) is 1. The Balaban J connectivity index is 2.34. The number of carbonyl (C=O) groups is 1. The molecule has 0 aromatic heterocycles. The number of methoxy groups -OCH3 is 1. The third kappa shape index (κ3) is 5.30. The molecule has 1 saturated heterocycles. The van der Waals surface area contributed by atoms with Crippen molar-refractivity contribution < 1.29 is 14.3 Å². The molecule has 0 radical (unpaired) electrons. The van der Waals surface area contributed by atoms with Crippen molar-refractivity contribution in [2.24, 2.45) is 5.73 Å². The molecule has 0 aromatic rings. The van der Waals surface area contributed by atoms with Gasteiger partial charge in [-0.15, -0.1) is 0 Å². The predicted molar refractivity (Wildman–Crippen MR) is 69.3 cm³/mol. The molecule has 1 fully saturated rings. The summed E-state index contributed by atoms with van der Waals surface area (Å²) in [5.74, 6) is 0.0180. The van der Waals surface area contributed by atoms with Crippen molar-refractivity contribution in [2.45, 2.75) is 32.1 Å². The highest BCUT2D eigenvalue weighted by molar-refractivity contribution is 5.78. The van der Waals surface area contributed by atoms with E-state index in [2.05, 4.69) is 10.2 Å². The molecule has 0 spiro atoms. The predicted octanol–water partition coefficient (Wildman–Crippen LogP) is -0.814. The zero-order valence-electron chi connectivity index (χ0n) is 11.5. The van der Waals surface area contributed by atoms with Crippen LogP contribution >= 0.6 is 0 Å². The maximum Gasteiger partial charge on any atom is 0.234 e. The molecule has 1 amide bonds. The van der Waals surface area contributed by atoms with Gasteiger partial charge in [0.05, 0.1) is 25.4 Å². The van der Waals surface area contributed by atoms with E-state index < -0.39 is 0 Å². The lowest BCUT2D eigenvalue weighted by Crippen LogP contribution is -2.52. The average Bonchev–Trinajstić information content (AvgIpc) is 2.27. The maximum atomic E-state index is 11.8. The molecule has 3 N–H and O–H groups in total. The first-order valence-electron chi connectivity index (χ1n) is 6.41. The summed E-state index contributed by atoms with van der Waals surface area (Å²) in [4.78, 5) is 13.9. The zero-order valence-corrected chi connectivity index (χ0v) is 11.5. The van der Waals surface area contributed by atoms with Crippen LogP contribution in [0.4, 0.5) is 0 Å². The zero-order chi connectivity index (χ0) is 13.5. The first-order valence-corrected chi connectivity index (χ1v) is 6.41. The third-order valence-corrected chi connectivity index (χ3v) is 2.86. The fourth-order valence-electron chi connectivity index (χ4n) is 2.22. The summed E-state index contributed by atoms with van der Waals surface area (Å²) in [7, 11) is 1.62. The van der Waals surface area contributed by atoms with Gasteiger partial charge >= 0.3 is 0 Å². The molecule has 1 aliphatic heterocycles. The molecule has 1 aliphatic rings. The van der Waals surface area contributed by atoms with Gasteiger partial charge in [-0.2, -0.15) is 0 Å². The Labute approximate surface area is 109 Å². The maximum absolute atomic E-state index is 11.8. The SMILES string of the molecule is COCC(C)NC(=O)CN1CC(C)OC(CN)C1. The molecular weight excluding hydrogens is 234 g/mol. The monoisotopic (exact) mass is 259 g/mol. The number of hydrogen-bond acceptors (Lipinski definition) is 5. The first-order chi connectivity index (χ1) is 8.55. The lowest BCUT2D eigenvalue weighted by molar-refractivity contribution is -0.127. The summed E-state index contributed by atoms with van der Waals surface area (Å²) in [5, 5.41) is 2.90. The Hall–Kier alpha value is -0.690. The lowest BCUT2D eigenvalue weighted by Gasteiger charge is -2.36. The molecule has 1 rings (SSSR count). The molecule has 3 atom stereocenters. The molecule has 0 aromatic carbocycles. The van der Waals surface area contributed by atoms with E-state index >= 15 is 0 Å². The minimum atomic E-state index is 0.0180. The molecule has 106 valence electrons. The fraction of sp³-hybridized carbons (Fsp3) is 0.917. The Morgan fingerprint density at radius 3 is 2.94 bits per heavy atom. The number of carbonyl (C=O) groups excluding carboxylic acids is 1. The van der Waals surface area contributed by atoms with Gasteiger partial charge < -0.3 is 20.5 Å². The van der Waals surface area contributed by atoms with Crippen molar-refractivity contribution in [3.05, 3.63) is 0 Å². The minimum absolute atomic E-state index is 0.0180. The van der Waals surface area contributed by atoms with Gasteiger partial charge in [0, 0.05) is 32.8 Å². The van der Waals surface area contributed by atoms with Crippen LogP contribution in [0.15, 0.2) is 0 Å². The number of ether oxygens (including phenoxy) is 2. The van der Waals surface area contributed by atoms with Crippen molar-refractivity contribution in [1.29, 1.82) is 0 Å². The van der Waals surface area contributed by atoms with E-state index in [4.69, 9.17) is 15.2 Å². The van der Waals surface area contributed by atoms with Gasteiger partial charge in [-0.05, 0) is 13.8 Å². The van der Waals surface area contributed by atoms with Crippen molar-refractivity contribution in [3.63, 3.8) is 0 Å². The number of rotatable bonds is 6. The summed E-state index contributed by atoms with van der Waals surface area (Å²) in [6.07, 6.45) is 0.148. The highest BCUT2D eigenvalue weighted by atomic mass is 16.5. The summed E-state index contributed by atoms with van der Waals surface area (Å²) >= 11 is 0. The Morgan fingerprint density at radius 1 is 1.61 bits per heavy atom. The molecular formula is C12H25N3O3. The Bertz CT molecular complexity index is 263. The Morgan fingerprint density at radius 2 is 2.33 bits per heavy atom. The van der Waals surface area contributed by atoms with Crippen LogP contribution in [0.25, 0.3) is 0 Å². The van der Waals surface area contributed by atoms with Crippen LogP contribution in [-0.2, 0) is 14.3 Å². The van der Waals surface area contributed by atoms with Crippen LogP contribution in [0.1, 0.15) is 13.8 Å². The molecule has 18 heavy (non-hydrogen) atoms. The van der Waals surface area contributed by atoms with E-state index in [9.17, 15) is 4.79 Å². The highest BCUT2D eigenvalue weighted by Gasteiger charge is 2.25. The second-order valence-electron chi connectivity index (χ2n) is 4.92. The van der Waals surface area contributed by atoms with E-state index in [0.29, 0.717) is 26.2 Å². The largest absolute Gasteiger partial charge is 0.383 e. The second kappa shape index (κ2) is 7.68. The number of morpholine rings is 1. The van der Waals surface area contributed by atoms with Gasteiger partial charge in [0.2, 0.25) is 5.91 Å². The van der Waals surface area contributed by atoms with E-state index in [-0.39, 0.29) is 24.2 Å². The molecule has 3 unspecified atom stereocenters. The number of hydrogen-bond donors (Lipinski definition) is 2. The summed E-state index contributed by atoms with van der Waals surface area (Å²) < 4.78 is 10.6. The van der Waals surface area contributed by atoms with Crippen LogP contribution in [0.2, 0.25) is 0 Å². The van der Waals surface area contributed by atoms with Crippen LogP contribution in [0.3, 0.4) is 0 Å². The third-order valence-electron chi connectivity index (χ3n) is 2.86. The van der Waals surface area contributed by atoms with Crippen LogP contribution < -0.4 is 11.1 Å². The van der Waals surface area contributed by atoms with Crippen molar-refractivity contribution in [3.8, 4) is 0 Å². The number of nitrogens with zero attached hydrogens (tertiary/aromatic N) is 1. The molecule has 6 nitrogen and oxygen atoms in total. The van der Waals surface area contributed by atoms with Crippen molar-refractivity contribution in [1.82, 2.24) is 10.2 Å². The normalized spacial score (nSPS) is 26.9. The van der Waals surface area contributed by atoms with Gasteiger partial charge in [-0.25, -0.2) is 0 Å². The van der Waals surface area contributed by atoms with E-state index in [1.807, 2.05) is 13.8 Å². The molecule has 6 heteroatoms. The van der Waals surface area contributed by atoms with Gasteiger partial charge in [0.1, 0.15) is 0 Å². The minimum Gasteiger partial charge on any atom is -0.383 e. The van der Waals surface area contributed by atoms with Crippen molar-refractivity contribution in [2.75, 3.05) is 39.9 Å². The lowest BCUT2D eigenvalue weighted by atomic mass is 10.2. The van der Waals surface area contributed by atoms with E-state index in [0.717, 1.165) is 6.54 Å². The summed E-state index contributed by atoms with van der Waals surface area (Å²) in [6.45, 7) is 6.80. The Kier molecular flexibility index (Phi) is 6.56. The first kappa shape index (κ1) is 15.4. The smallest absolute Gasteiger partial charge is 0.234 e. The number of nitrogens with one attached hydrogen (secondary N) is 1. The molecule has 1 heterocycles. The fourth-order valence-corrected chi connectivity index (χ4v) is 2.22. The van der Waals surface area contributed by atoms with E-state index in [1.54, 1.807) is 7.11 Å². The van der Waals surface area contributed by atoms with Gasteiger partial charge in [-0.3, -0.25) is 9.69 Å². The summed E-state index contributed by atoms with van der Waals surface area (Å²) in [5.41, 5.74) is 5.61.